The molecule has 0 spiro atoms. The van der Waals surface area contributed by atoms with Crippen LogP contribution >= 0.6 is 0 Å². The zero-order valence-electron chi connectivity index (χ0n) is 31.8. The number of allylic oxidation sites excluding steroid dienone is 2. The molecule has 4 aliphatic rings. The number of nitrogens with zero attached hydrogens (tertiary/aromatic N) is 2. The first kappa shape index (κ1) is 41.6. The van der Waals surface area contributed by atoms with Crippen LogP contribution in [0.15, 0.2) is 46.8 Å². The molecule has 7 amide bonds. The number of nitrogens with two attached hydrogens (primary N) is 3. The number of methoxy groups -OCH3 is 1. The van der Waals surface area contributed by atoms with E-state index in [0.717, 1.165) is 0 Å². The van der Waals surface area contributed by atoms with Crippen LogP contribution in [0.5, 0.6) is 0 Å². The second kappa shape index (κ2) is 16.3. The molecule has 0 saturated carbocycles. The average molecular weight is 796 g/mol. The standard InChI is InChI=1S/C36H45N9O12/c1-6-24(47)40-16(3)31(50)41-17(4)32(51)43-21(11-23(37)46)33(52)42-19-9-7-18(8-10-19)13-57-35(54)45-22-12-44-27-25(29(49)26(38)15(2)28(27)48)20(14-56-34(39)53)36(44,55-5)30(22)45/h7-10,16-17,20-22,30H,6,11-14,38H2,1-5H3,(H2,37,46)(H2,39,53)(H,40,47)(H,41,50)(H,42,52)(H,43,51). The van der Waals surface area contributed by atoms with E-state index in [2.05, 4.69) is 21.3 Å². The highest BCUT2D eigenvalue weighted by Crippen LogP contribution is 2.59. The minimum absolute atomic E-state index is 0.0173. The normalized spacial score (nSPS) is 23.4. The SMILES string of the molecule is CCC(=O)NC(C)C(=O)NC(C)C(=O)NC(CC(N)=O)C(=O)Nc1ccc(COC(=O)N2C3CN4C5=C(C(=O)C(N)=C(C)C5=O)C(COC(N)=O)C4(OC)C32)cc1. The maximum absolute atomic E-state index is 13.4. The first-order valence-corrected chi connectivity index (χ1v) is 18.0. The van der Waals surface area contributed by atoms with E-state index < -0.39 is 102 Å². The lowest BCUT2D eigenvalue weighted by Crippen LogP contribution is -2.56. The molecule has 0 aromatic heterocycles. The van der Waals surface area contributed by atoms with E-state index >= 15 is 0 Å². The molecule has 3 aliphatic heterocycles. The Morgan fingerprint density at radius 3 is 2.14 bits per heavy atom. The van der Waals surface area contributed by atoms with Crippen molar-refractivity contribution in [3.05, 3.63) is 52.4 Å². The van der Waals surface area contributed by atoms with Gasteiger partial charge in [0.15, 0.2) is 5.72 Å². The van der Waals surface area contributed by atoms with Gasteiger partial charge in [0.05, 0.1) is 29.8 Å². The molecule has 57 heavy (non-hydrogen) atoms. The minimum Gasteiger partial charge on any atom is -0.449 e. The van der Waals surface area contributed by atoms with Gasteiger partial charge >= 0.3 is 12.2 Å². The van der Waals surface area contributed by atoms with Gasteiger partial charge in [0.1, 0.15) is 37.4 Å². The Bertz CT molecular complexity index is 1980. The van der Waals surface area contributed by atoms with Crippen molar-refractivity contribution in [1.82, 2.24) is 25.8 Å². The molecule has 5 rings (SSSR count). The van der Waals surface area contributed by atoms with E-state index in [1.807, 2.05) is 0 Å². The predicted molar refractivity (Wildman–Crippen MR) is 195 cm³/mol. The Kier molecular flexibility index (Phi) is 11.9. The lowest BCUT2D eigenvalue weighted by atomic mass is 9.82. The molecule has 306 valence electrons. The first-order valence-electron chi connectivity index (χ1n) is 18.0. The van der Waals surface area contributed by atoms with Crippen LogP contribution in [0.25, 0.3) is 0 Å². The molecule has 10 N–H and O–H groups in total. The Morgan fingerprint density at radius 1 is 0.912 bits per heavy atom. The molecule has 0 bridgehead atoms. The maximum Gasteiger partial charge on any atom is 0.410 e. The van der Waals surface area contributed by atoms with Crippen LogP contribution in [-0.2, 0) is 54.4 Å². The molecule has 2 saturated heterocycles. The molecule has 21 heteroatoms. The first-order chi connectivity index (χ1) is 26.9. The number of primary amides is 2. The van der Waals surface area contributed by atoms with Gasteiger partial charge in [-0.2, -0.15) is 0 Å². The summed E-state index contributed by atoms with van der Waals surface area (Å²) in [5.41, 5.74) is 15.8. The summed E-state index contributed by atoms with van der Waals surface area (Å²) in [7, 11) is 1.36. The molecule has 7 unspecified atom stereocenters. The monoisotopic (exact) mass is 795 g/mol. The summed E-state index contributed by atoms with van der Waals surface area (Å²) >= 11 is 0. The third-order valence-corrected chi connectivity index (χ3v) is 10.4. The Balaban J connectivity index is 1.19. The summed E-state index contributed by atoms with van der Waals surface area (Å²) in [6.07, 6.45) is -2.22. The van der Waals surface area contributed by atoms with Crippen LogP contribution < -0.4 is 38.5 Å². The number of benzene rings is 1. The van der Waals surface area contributed by atoms with Crippen LogP contribution in [0.3, 0.4) is 0 Å². The highest BCUT2D eigenvalue weighted by molar-refractivity contribution is 6.25. The molecule has 7 atom stereocenters. The number of ether oxygens (including phenoxy) is 3. The Morgan fingerprint density at radius 2 is 1.54 bits per heavy atom. The van der Waals surface area contributed by atoms with Crippen molar-refractivity contribution in [2.75, 3.05) is 25.6 Å². The van der Waals surface area contributed by atoms with Crippen LogP contribution in [-0.4, -0.2) is 119 Å². The van der Waals surface area contributed by atoms with E-state index in [0.29, 0.717) is 5.56 Å². The second-order valence-corrected chi connectivity index (χ2v) is 14.0. The zero-order valence-corrected chi connectivity index (χ0v) is 31.8. The molecule has 3 heterocycles. The van der Waals surface area contributed by atoms with Crippen LogP contribution in [0.4, 0.5) is 15.3 Å². The number of rotatable bonds is 15. The van der Waals surface area contributed by atoms with Gasteiger partial charge in [-0.15, -0.1) is 0 Å². The highest BCUT2D eigenvalue weighted by atomic mass is 16.6. The van der Waals surface area contributed by atoms with Crippen molar-refractivity contribution in [1.29, 1.82) is 0 Å². The number of Topliss-reactive ketones (excluding diaryl/α,β-unsaturated/α-hetero) is 2. The molecule has 21 nitrogen and oxygen atoms in total. The topological polar surface area (TPSA) is 314 Å². The van der Waals surface area contributed by atoms with Gasteiger partial charge in [0.25, 0.3) is 0 Å². The molecular weight excluding hydrogens is 750 g/mol. The minimum atomic E-state index is -1.47. The lowest BCUT2D eigenvalue weighted by molar-refractivity contribution is -0.144. The van der Waals surface area contributed by atoms with E-state index in [4.69, 9.17) is 31.4 Å². The number of carbonyl (C=O) groups excluding carboxylic acids is 9. The molecule has 1 aromatic carbocycles. The van der Waals surface area contributed by atoms with Gasteiger partial charge < -0.3 is 57.6 Å². The lowest BCUT2D eigenvalue weighted by Gasteiger charge is -2.40. The highest BCUT2D eigenvalue weighted by Gasteiger charge is 2.78. The van der Waals surface area contributed by atoms with E-state index in [1.54, 1.807) is 24.0 Å². The average Bonchev–Trinajstić information content (AvgIpc) is 3.68. The van der Waals surface area contributed by atoms with Gasteiger partial charge in [0, 0.05) is 36.9 Å². The number of anilines is 1. The molecule has 1 aliphatic carbocycles. The Hall–Kier alpha value is -6.51. The number of amides is 7. The summed E-state index contributed by atoms with van der Waals surface area (Å²) in [5, 5.41) is 9.88. The van der Waals surface area contributed by atoms with Crippen LogP contribution in [0.2, 0.25) is 0 Å². The fourth-order valence-electron chi connectivity index (χ4n) is 7.38. The second-order valence-electron chi connectivity index (χ2n) is 14.0. The van der Waals surface area contributed by atoms with Gasteiger partial charge in [-0.3, -0.25) is 38.5 Å². The quantitative estimate of drug-likeness (QED) is 0.0755. The third kappa shape index (κ3) is 7.95. The summed E-state index contributed by atoms with van der Waals surface area (Å²) in [5.74, 6) is -5.53. The number of fused-ring (bicyclic) bond motifs is 4. The summed E-state index contributed by atoms with van der Waals surface area (Å²) in [6.45, 7) is 5.35. The number of piperazine rings is 1. The fraction of sp³-hybridized carbons (Fsp3) is 0.472. The molecule has 0 radical (unpaired) electrons. The Labute approximate surface area is 326 Å². The molecule has 2 fully saturated rings. The smallest absolute Gasteiger partial charge is 0.410 e. The van der Waals surface area contributed by atoms with Crippen molar-refractivity contribution < 1.29 is 57.4 Å². The molecular formula is C36H45N9O12. The number of nitrogens with one attached hydrogen (secondary N) is 4. The maximum atomic E-state index is 13.4. The van der Waals surface area contributed by atoms with Crippen molar-refractivity contribution in [3.8, 4) is 0 Å². The number of hydrogen-bond donors (Lipinski definition) is 7. The van der Waals surface area contributed by atoms with Gasteiger partial charge in [-0.1, -0.05) is 19.1 Å². The fourth-order valence-corrected chi connectivity index (χ4v) is 7.38. The number of carbonyl (C=O) groups is 9. The summed E-state index contributed by atoms with van der Waals surface area (Å²) < 4.78 is 16.7. The van der Waals surface area contributed by atoms with E-state index in [1.165, 1.54) is 44.9 Å². The van der Waals surface area contributed by atoms with Crippen molar-refractivity contribution >= 4 is 59.0 Å². The van der Waals surface area contributed by atoms with Gasteiger partial charge in [0.2, 0.25) is 41.1 Å². The largest absolute Gasteiger partial charge is 0.449 e. The number of ketones is 2. The zero-order chi connectivity index (χ0) is 42.1. The van der Waals surface area contributed by atoms with E-state index in [9.17, 15) is 43.2 Å². The van der Waals surface area contributed by atoms with Crippen molar-refractivity contribution in [2.45, 2.75) is 83.1 Å². The van der Waals surface area contributed by atoms with Crippen molar-refractivity contribution in [2.24, 2.45) is 23.1 Å². The summed E-state index contributed by atoms with van der Waals surface area (Å²) in [4.78, 5) is 116. The van der Waals surface area contributed by atoms with Crippen LogP contribution in [0, 0.1) is 5.92 Å². The number of hydrogen-bond acceptors (Lipinski definition) is 14. The van der Waals surface area contributed by atoms with Gasteiger partial charge in [-0.25, -0.2) is 9.59 Å². The predicted octanol–water partition coefficient (Wildman–Crippen LogP) is -1.88. The van der Waals surface area contributed by atoms with Gasteiger partial charge in [-0.05, 0) is 38.5 Å². The van der Waals surface area contributed by atoms with Crippen molar-refractivity contribution in [3.63, 3.8) is 0 Å². The third-order valence-electron chi connectivity index (χ3n) is 10.4. The van der Waals surface area contributed by atoms with Crippen LogP contribution in [0.1, 0.15) is 46.1 Å². The van der Waals surface area contributed by atoms with E-state index in [-0.39, 0.29) is 53.7 Å². The molecule has 1 aromatic rings. The summed E-state index contributed by atoms with van der Waals surface area (Å²) in [6, 6.07) is 1.47.